The quantitative estimate of drug-likeness (QED) is 0.301. The van der Waals surface area contributed by atoms with Crippen LogP contribution >= 0.6 is 11.3 Å². The zero-order chi connectivity index (χ0) is 26.7. The van der Waals surface area contributed by atoms with E-state index in [4.69, 9.17) is 14.8 Å². The number of aliphatic carboxylic acids is 1. The van der Waals surface area contributed by atoms with Gasteiger partial charge >= 0.3 is 5.97 Å². The smallest absolute Gasteiger partial charge is 0.304 e. The maximum absolute atomic E-state index is 12.4. The van der Waals surface area contributed by atoms with Crippen LogP contribution in [0.3, 0.4) is 0 Å². The van der Waals surface area contributed by atoms with E-state index in [0.29, 0.717) is 12.3 Å². The third-order valence-electron chi connectivity index (χ3n) is 6.71. The van der Waals surface area contributed by atoms with Gasteiger partial charge in [-0.1, -0.05) is 32.0 Å². The van der Waals surface area contributed by atoms with Crippen molar-refractivity contribution in [2.24, 2.45) is 0 Å². The van der Waals surface area contributed by atoms with E-state index in [9.17, 15) is 13.2 Å². The van der Waals surface area contributed by atoms with Crippen LogP contribution in [0.15, 0.2) is 42.6 Å². The van der Waals surface area contributed by atoms with E-state index < -0.39 is 28.2 Å². The summed E-state index contributed by atoms with van der Waals surface area (Å²) < 4.78 is 33.6. The molecule has 37 heavy (non-hydrogen) atoms. The van der Waals surface area contributed by atoms with Gasteiger partial charge in [-0.05, 0) is 79.5 Å². The van der Waals surface area contributed by atoms with Crippen LogP contribution in [0.1, 0.15) is 75.6 Å². The minimum atomic E-state index is -3.69. The summed E-state index contributed by atoms with van der Waals surface area (Å²) in [6.45, 7) is 8.45. The van der Waals surface area contributed by atoms with Gasteiger partial charge in [0.1, 0.15) is 10.8 Å². The Morgan fingerprint density at radius 3 is 2.73 bits per heavy atom. The lowest BCUT2D eigenvalue weighted by molar-refractivity contribution is -0.136. The number of nitrogens with zero attached hydrogens (tertiary/aromatic N) is 1. The maximum Gasteiger partial charge on any atom is 0.304 e. The van der Waals surface area contributed by atoms with E-state index in [1.165, 1.54) is 5.56 Å². The summed E-state index contributed by atoms with van der Waals surface area (Å²) in [5.41, 5.74) is 5.36. The molecule has 2 aromatic carbocycles. The fourth-order valence-electron chi connectivity index (χ4n) is 4.68. The van der Waals surface area contributed by atoms with Gasteiger partial charge in [0.15, 0.2) is 0 Å². The Kier molecular flexibility index (Phi) is 8.36. The van der Waals surface area contributed by atoms with Crippen LogP contribution in [-0.4, -0.2) is 36.3 Å². The number of aromatic nitrogens is 1. The Balaban J connectivity index is 1.60. The minimum absolute atomic E-state index is 0.103. The molecule has 1 aromatic heterocycles. The molecule has 198 valence electrons. The first kappa shape index (κ1) is 27.3. The number of ether oxygens (including phenoxy) is 1. The third-order valence-corrected chi connectivity index (χ3v) is 9.18. The lowest BCUT2D eigenvalue weighted by Crippen LogP contribution is -2.30. The topological polar surface area (TPSA) is 106 Å². The molecule has 0 aliphatic heterocycles. The van der Waals surface area contributed by atoms with Crippen LogP contribution in [0.4, 0.5) is 0 Å². The highest BCUT2D eigenvalue weighted by atomic mass is 32.2. The molecule has 0 fully saturated rings. The minimum Gasteiger partial charge on any atom is -0.491 e. The van der Waals surface area contributed by atoms with Crippen molar-refractivity contribution >= 4 is 27.3 Å². The molecule has 0 amide bonds. The summed E-state index contributed by atoms with van der Waals surface area (Å²) >= 11 is 1.62. The summed E-state index contributed by atoms with van der Waals surface area (Å²) in [5.74, 6) is -0.269. The number of fused-ring (bicyclic) bond motifs is 1. The van der Waals surface area contributed by atoms with Gasteiger partial charge in [0.2, 0.25) is 10.0 Å². The van der Waals surface area contributed by atoms with Gasteiger partial charge in [-0.25, -0.2) is 18.1 Å². The second-order valence-corrected chi connectivity index (χ2v) is 12.7. The Morgan fingerprint density at radius 2 is 2.03 bits per heavy atom. The molecule has 3 aromatic rings. The van der Waals surface area contributed by atoms with Gasteiger partial charge in [0.05, 0.1) is 23.2 Å². The van der Waals surface area contributed by atoms with Crippen molar-refractivity contribution in [1.29, 1.82) is 0 Å². The summed E-state index contributed by atoms with van der Waals surface area (Å²) in [5, 5.41) is 9.77. The molecule has 1 aliphatic carbocycles. The van der Waals surface area contributed by atoms with Gasteiger partial charge in [0.25, 0.3) is 0 Å². The van der Waals surface area contributed by atoms with E-state index >= 15 is 0 Å². The summed E-state index contributed by atoms with van der Waals surface area (Å²) in [6.07, 6.45) is 3.97. The standard InChI is InChI=1S/C28H34N2O5S2/c1-5-18(4)23-15-19(9-12-25(23)35-17(2)3)28-29-16-26(36-28)22-8-6-7-21-20(22)10-11-24(21)30-37(33,34)14-13-27(31)32/h6-9,12,15-18,24,30H,5,10-11,13-14H2,1-4H3,(H,31,32). The van der Waals surface area contributed by atoms with Crippen molar-refractivity contribution in [3.8, 4) is 26.8 Å². The molecule has 0 saturated carbocycles. The lowest BCUT2D eigenvalue weighted by atomic mass is 9.96. The van der Waals surface area contributed by atoms with E-state index in [1.807, 2.05) is 38.2 Å². The SMILES string of the molecule is CCC(C)c1cc(-c2ncc(-c3cccc4c3CCC4NS(=O)(=O)CCC(=O)O)s2)ccc1OC(C)C. The molecule has 1 heterocycles. The number of nitrogens with one attached hydrogen (secondary N) is 1. The molecular weight excluding hydrogens is 508 g/mol. The van der Waals surface area contributed by atoms with Crippen LogP contribution in [-0.2, 0) is 21.2 Å². The van der Waals surface area contributed by atoms with Crippen LogP contribution in [0.25, 0.3) is 21.0 Å². The van der Waals surface area contributed by atoms with Crippen LogP contribution < -0.4 is 9.46 Å². The first-order valence-electron chi connectivity index (χ1n) is 12.7. The highest BCUT2D eigenvalue weighted by Crippen LogP contribution is 2.42. The fourth-order valence-corrected chi connectivity index (χ4v) is 6.89. The van der Waals surface area contributed by atoms with Gasteiger partial charge in [-0.3, -0.25) is 4.79 Å². The zero-order valence-electron chi connectivity index (χ0n) is 21.7. The number of carbonyl (C=O) groups is 1. The summed E-state index contributed by atoms with van der Waals surface area (Å²) in [6, 6.07) is 11.9. The van der Waals surface area contributed by atoms with Crippen LogP contribution in [0.2, 0.25) is 0 Å². The molecule has 1 aliphatic rings. The molecule has 0 radical (unpaired) electrons. The van der Waals surface area contributed by atoms with Crippen molar-refractivity contribution in [3.63, 3.8) is 0 Å². The van der Waals surface area contributed by atoms with Crippen molar-refractivity contribution in [2.75, 3.05) is 5.75 Å². The molecule has 4 rings (SSSR count). The first-order valence-corrected chi connectivity index (χ1v) is 15.2. The van der Waals surface area contributed by atoms with Crippen molar-refractivity contribution in [1.82, 2.24) is 9.71 Å². The number of carboxylic acids is 1. The molecule has 0 spiro atoms. The van der Waals surface area contributed by atoms with Crippen LogP contribution in [0, 0.1) is 0 Å². The van der Waals surface area contributed by atoms with Gasteiger partial charge in [-0.15, -0.1) is 11.3 Å². The normalized spacial score (nSPS) is 16.1. The number of sulfonamides is 1. The molecule has 9 heteroatoms. The number of rotatable bonds is 11. The summed E-state index contributed by atoms with van der Waals surface area (Å²) in [4.78, 5) is 16.6. The number of thiazole rings is 1. The predicted molar refractivity (Wildman–Crippen MR) is 148 cm³/mol. The van der Waals surface area contributed by atoms with Crippen molar-refractivity contribution < 1.29 is 23.1 Å². The molecule has 0 bridgehead atoms. The number of benzene rings is 2. The molecule has 2 N–H and O–H groups in total. The molecule has 2 unspecified atom stereocenters. The highest BCUT2D eigenvalue weighted by Gasteiger charge is 2.29. The zero-order valence-corrected chi connectivity index (χ0v) is 23.3. The second-order valence-electron chi connectivity index (χ2n) is 9.80. The Bertz CT molecular complexity index is 1380. The number of hydrogen-bond acceptors (Lipinski definition) is 6. The van der Waals surface area contributed by atoms with Gasteiger partial charge in [-0.2, -0.15) is 0 Å². The second kappa shape index (κ2) is 11.3. The average Bonchev–Trinajstić information content (AvgIpc) is 3.50. The Morgan fingerprint density at radius 1 is 1.24 bits per heavy atom. The molecular formula is C28H34N2O5S2. The van der Waals surface area contributed by atoms with Gasteiger partial charge in [0, 0.05) is 17.8 Å². The molecule has 2 atom stereocenters. The van der Waals surface area contributed by atoms with E-state index in [-0.39, 0.29) is 12.1 Å². The van der Waals surface area contributed by atoms with E-state index in [1.54, 1.807) is 11.3 Å². The third kappa shape index (κ3) is 6.40. The summed E-state index contributed by atoms with van der Waals surface area (Å²) in [7, 11) is -3.69. The fraction of sp³-hybridized carbons (Fsp3) is 0.429. The molecule has 0 saturated heterocycles. The largest absolute Gasteiger partial charge is 0.491 e. The monoisotopic (exact) mass is 542 g/mol. The van der Waals surface area contributed by atoms with Gasteiger partial charge < -0.3 is 9.84 Å². The number of carboxylic acid groups (broad SMARTS) is 1. The van der Waals surface area contributed by atoms with E-state index in [2.05, 4.69) is 36.8 Å². The van der Waals surface area contributed by atoms with E-state index in [0.717, 1.165) is 50.7 Å². The first-order chi connectivity index (χ1) is 17.6. The maximum atomic E-state index is 12.4. The Hall–Kier alpha value is -2.75. The Labute approximate surface area is 223 Å². The predicted octanol–water partition coefficient (Wildman–Crippen LogP) is 6.16. The lowest BCUT2D eigenvalue weighted by Gasteiger charge is -2.18. The average molecular weight is 543 g/mol. The highest BCUT2D eigenvalue weighted by molar-refractivity contribution is 7.89. The molecule has 7 nitrogen and oxygen atoms in total. The number of hydrogen-bond donors (Lipinski definition) is 2. The van der Waals surface area contributed by atoms with Crippen molar-refractivity contribution in [3.05, 3.63) is 59.3 Å². The van der Waals surface area contributed by atoms with Crippen molar-refractivity contribution in [2.45, 2.75) is 71.4 Å². The van der Waals surface area contributed by atoms with Crippen LogP contribution in [0.5, 0.6) is 5.75 Å².